The number of ether oxygens (including phenoxy) is 1. The normalized spacial score (nSPS) is 29.0. The van der Waals surface area contributed by atoms with E-state index in [1.165, 1.54) is 6.42 Å². The van der Waals surface area contributed by atoms with Gasteiger partial charge in [0.05, 0.1) is 18.7 Å². The molecule has 1 aromatic heterocycles. The van der Waals surface area contributed by atoms with E-state index in [2.05, 4.69) is 22.5 Å². The van der Waals surface area contributed by atoms with E-state index in [0.29, 0.717) is 11.8 Å². The summed E-state index contributed by atoms with van der Waals surface area (Å²) in [6, 6.07) is 7.96. The molecule has 0 spiro atoms. The second kappa shape index (κ2) is 7.44. The summed E-state index contributed by atoms with van der Waals surface area (Å²) in [4.78, 5) is 6.86. The van der Waals surface area contributed by atoms with Crippen LogP contribution in [0.1, 0.15) is 24.5 Å². The van der Waals surface area contributed by atoms with Gasteiger partial charge in [0.25, 0.3) is 0 Å². The number of fused-ring (bicyclic) bond motifs is 4. The summed E-state index contributed by atoms with van der Waals surface area (Å²) >= 11 is 0. The summed E-state index contributed by atoms with van der Waals surface area (Å²) in [6.45, 7) is 6.07. The Labute approximate surface area is 159 Å². The first kappa shape index (κ1) is 18.4. The number of piperidine rings is 3. The minimum atomic E-state index is -0.504. The minimum absolute atomic E-state index is 0. The summed E-state index contributed by atoms with van der Waals surface area (Å²) in [6.07, 6.45) is 5.62. The first-order valence-electron chi connectivity index (χ1n) is 8.68. The third-order valence-corrected chi connectivity index (χ3v) is 5.82. The molecule has 2 aromatic rings. The lowest BCUT2D eigenvalue weighted by atomic mass is 9.73. The Morgan fingerprint density at radius 2 is 2.24 bits per heavy atom. The van der Waals surface area contributed by atoms with Gasteiger partial charge in [-0.1, -0.05) is 6.08 Å². The van der Waals surface area contributed by atoms with Crippen molar-refractivity contribution in [3.63, 3.8) is 0 Å². The molecule has 5 atom stereocenters. The highest BCUT2D eigenvalue weighted by atomic mass is 79.9. The van der Waals surface area contributed by atoms with E-state index < -0.39 is 6.10 Å². The Morgan fingerprint density at radius 1 is 1.40 bits per heavy atom. The summed E-state index contributed by atoms with van der Waals surface area (Å²) < 4.78 is 5.35. The van der Waals surface area contributed by atoms with Gasteiger partial charge in [-0.05, 0) is 61.1 Å². The zero-order chi connectivity index (χ0) is 16.7. The smallest absolute Gasteiger partial charge is 0.119 e. The van der Waals surface area contributed by atoms with E-state index in [4.69, 9.17) is 4.74 Å². The lowest BCUT2D eigenvalue weighted by molar-refractivity contribution is -0.0444. The largest absolute Gasteiger partial charge is 0.497 e. The van der Waals surface area contributed by atoms with Crippen LogP contribution in [0.25, 0.3) is 10.9 Å². The Balaban J connectivity index is 0.00000182. The number of hydrogen-bond donors (Lipinski definition) is 1. The molecule has 5 heteroatoms. The number of pyridine rings is 1. The molecule has 0 saturated carbocycles. The molecule has 4 nitrogen and oxygen atoms in total. The van der Waals surface area contributed by atoms with Gasteiger partial charge in [0, 0.05) is 24.2 Å². The highest BCUT2D eigenvalue weighted by Crippen LogP contribution is 2.42. The van der Waals surface area contributed by atoms with Gasteiger partial charge in [-0.3, -0.25) is 9.88 Å². The standard InChI is InChI=1S/C20H24N2O2.BrH/c1-3-13-12-22-9-7-14(13)10-19(22)20(23)16-6-8-21-18-5-4-15(24-2)11-17(16)18;/h3-6,8,11,13-14,19-20,23H,1,7,9-10,12H2,2H3;1H/t13-,14?,19-,20+;/m0./s1. The van der Waals surface area contributed by atoms with Crippen molar-refractivity contribution >= 4 is 27.9 Å². The maximum Gasteiger partial charge on any atom is 0.119 e. The maximum atomic E-state index is 11.2. The molecule has 3 saturated heterocycles. The lowest BCUT2D eigenvalue weighted by Crippen LogP contribution is -2.54. The zero-order valence-corrected chi connectivity index (χ0v) is 16.2. The highest BCUT2D eigenvalue weighted by Gasteiger charge is 2.42. The van der Waals surface area contributed by atoms with E-state index in [9.17, 15) is 5.11 Å². The molecule has 1 aromatic carbocycles. The molecule has 5 rings (SSSR count). The van der Waals surface area contributed by atoms with Gasteiger partial charge in [0.2, 0.25) is 0 Å². The topological polar surface area (TPSA) is 45.6 Å². The molecule has 0 aliphatic carbocycles. The number of benzene rings is 1. The predicted molar refractivity (Wildman–Crippen MR) is 105 cm³/mol. The number of rotatable bonds is 4. The number of hydrogen-bond acceptors (Lipinski definition) is 4. The summed E-state index contributed by atoms with van der Waals surface area (Å²) in [5, 5.41) is 12.1. The number of aromatic nitrogens is 1. The predicted octanol–water partition coefficient (Wildman–Crippen LogP) is 3.75. The van der Waals surface area contributed by atoms with Gasteiger partial charge in [0.1, 0.15) is 5.75 Å². The van der Waals surface area contributed by atoms with E-state index in [-0.39, 0.29) is 23.0 Å². The van der Waals surface area contributed by atoms with Crippen LogP contribution >= 0.6 is 17.0 Å². The Kier molecular flexibility index (Phi) is 5.46. The van der Waals surface area contributed by atoms with Gasteiger partial charge in [0.15, 0.2) is 0 Å². The Bertz CT molecular complexity index is 766. The summed E-state index contributed by atoms with van der Waals surface area (Å²) in [5.41, 5.74) is 1.85. The van der Waals surface area contributed by atoms with Crippen LogP contribution in [0.5, 0.6) is 5.75 Å². The van der Waals surface area contributed by atoms with Crippen LogP contribution in [0.3, 0.4) is 0 Å². The van der Waals surface area contributed by atoms with Crippen molar-refractivity contribution in [3.05, 3.63) is 48.7 Å². The third kappa shape index (κ3) is 3.21. The van der Waals surface area contributed by atoms with Gasteiger partial charge >= 0.3 is 0 Å². The van der Waals surface area contributed by atoms with Crippen LogP contribution in [-0.2, 0) is 0 Å². The quantitative estimate of drug-likeness (QED) is 0.788. The lowest BCUT2D eigenvalue weighted by Gasteiger charge is -2.50. The fourth-order valence-electron chi connectivity index (χ4n) is 4.44. The molecule has 1 N–H and O–H groups in total. The van der Waals surface area contributed by atoms with Crippen molar-refractivity contribution in [2.24, 2.45) is 11.8 Å². The molecule has 0 amide bonds. The monoisotopic (exact) mass is 404 g/mol. The third-order valence-electron chi connectivity index (χ3n) is 5.82. The summed E-state index contributed by atoms with van der Waals surface area (Å²) in [5.74, 6) is 2.01. The number of halogens is 1. The molecular weight excluding hydrogens is 380 g/mol. The number of aliphatic hydroxyl groups is 1. The highest BCUT2D eigenvalue weighted by molar-refractivity contribution is 8.93. The first-order chi connectivity index (χ1) is 11.7. The average molecular weight is 405 g/mol. The Hall–Kier alpha value is -1.43. The number of methoxy groups -OCH3 is 1. The molecule has 3 aliphatic heterocycles. The maximum absolute atomic E-state index is 11.2. The number of nitrogens with zero attached hydrogens (tertiary/aromatic N) is 2. The minimum Gasteiger partial charge on any atom is -0.497 e. The van der Waals surface area contributed by atoms with E-state index in [0.717, 1.165) is 41.7 Å². The van der Waals surface area contributed by atoms with Crippen molar-refractivity contribution in [2.45, 2.75) is 25.0 Å². The fraction of sp³-hybridized carbons (Fsp3) is 0.450. The van der Waals surface area contributed by atoms with Gasteiger partial charge in [-0.15, -0.1) is 23.6 Å². The average Bonchev–Trinajstić information content (AvgIpc) is 2.66. The van der Waals surface area contributed by atoms with Crippen molar-refractivity contribution in [1.29, 1.82) is 0 Å². The Morgan fingerprint density at radius 3 is 2.92 bits per heavy atom. The van der Waals surface area contributed by atoms with Crippen LogP contribution in [0, 0.1) is 11.8 Å². The second-order valence-electron chi connectivity index (χ2n) is 6.97. The van der Waals surface area contributed by atoms with Crippen LogP contribution in [0.2, 0.25) is 0 Å². The summed E-state index contributed by atoms with van der Waals surface area (Å²) in [7, 11) is 1.66. The molecule has 2 bridgehead atoms. The second-order valence-corrected chi connectivity index (χ2v) is 6.97. The van der Waals surface area contributed by atoms with Crippen molar-refractivity contribution in [1.82, 2.24) is 9.88 Å². The SMILES string of the molecule is Br.C=C[C@H]1CN2CCC1C[C@H]2[C@H](O)c1ccnc2ccc(OC)cc12. The number of aliphatic hydroxyl groups excluding tert-OH is 1. The zero-order valence-electron chi connectivity index (χ0n) is 14.5. The van der Waals surface area contributed by atoms with Gasteiger partial charge < -0.3 is 9.84 Å². The van der Waals surface area contributed by atoms with Crippen LogP contribution in [-0.4, -0.2) is 41.2 Å². The van der Waals surface area contributed by atoms with Crippen LogP contribution < -0.4 is 4.74 Å². The van der Waals surface area contributed by atoms with Crippen molar-refractivity contribution < 1.29 is 9.84 Å². The molecule has 4 heterocycles. The van der Waals surface area contributed by atoms with Crippen molar-refractivity contribution in [3.8, 4) is 5.75 Å². The molecule has 0 radical (unpaired) electrons. The molecule has 25 heavy (non-hydrogen) atoms. The van der Waals surface area contributed by atoms with Crippen molar-refractivity contribution in [2.75, 3.05) is 20.2 Å². The van der Waals surface area contributed by atoms with E-state index >= 15 is 0 Å². The molecule has 2 unspecified atom stereocenters. The fourth-order valence-corrected chi connectivity index (χ4v) is 4.44. The van der Waals surface area contributed by atoms with Crippen LogP contribution in [0.15, 0.2) is 43.1 Å². The molecule has 3 aliphatic rings. The van der Waals surface area contributed by atoms with E-state index in [1.807, 2.05) is 24.3 Å². The van der Waals surface area contributed by atoms with Gasteiger partial charge in [-0.25, -0.2) is 0 Å². The molecule has 3 fully saturated rings. The molecule has 134 valence electrons. The van der Waals surface area contributed by atoms with Crippen LogP contribution in [0.4, 0.5) is 0 Å². The van der Waals surface area contributed by atoms with Gasteiger partial charge in [-0.2, -0.15) is 0 Å². The first-order valence-corrected chi connectivity index (χ1v) is 8.68. The molecular formula is C20H25BrN2O2. The van der Waals surface area contributed by atoms with E-state index in [1.54, 1.807) is 13.3 Å².